The van der Waals surface area contributed by atoms with E-state index in [0.717, 1.165) is 21.1 Å². The Morgan fingerprint density at radius 2 is 2.04 bits per heavy atom. The van der Waals surface area contributed by atoms with E-state index in [-0.39, 0.29) is 23.2 Å². The molecule has 2 N–H and O–H groups in total. The molecule has 0 radical (unpaired) electrons. The lowest BCUT2D eigenvalue weighted by Gasteiger charge is -2.06. The zero-order valence-corrected chi connectivity index (χ0v) is 16.0. The van der Waals surface area contributed by atoms with Gasteiger partial charge in [0.1, 0.15) is 10.8 Å². The molecule has 0 saturated carbocycles. The molecule has 1 aliphatic heterocycles. The van der Waals surface area contributed by atoms with Gasteiger partial charge in [0, 0.05) is 5.56 Å². The number of sulfone groups is 1. The maximum absolute atomic E-state index is 12.1. The van der Waals surface area contributed by atoms with Crippen molar-refractivity contribution in [2.45, 2.75) is 20.3 Å². The Labute approximate surface area is 155 Å². The van der Waals surface area contributed by atoms with E-state index < -0.39 is 15.8 Å². The summed E-state index contributed by atoms with van der Waals surface area (Å²) in [4.78, 5) is 17.5. The second kappa shape index (κ2) is 7.16. The molecule has 3 rings (SSSR count). The normalized spacial score (nSPS) is 19.5. The van der Waals surface area contributed by atoms with Crippen molar-refractivity contribution in [1.29, 1.82) is 0 Å². The zero-order valence-electron chi connectivity index (χ0n) is 14.4. The number of amides is 1. The molecule has 1 aromatic carbocycles. The number of nitrogens with one attached hydrogen (secondary N) is 1. The molecule has 1 aliphatic rings. The average molecular weight is 393 g/mol. The van der Waals surface area contributed by atoms with Gasteiger partial charge in [-0.15, -0.1) is 11.3 Å². The molecule has 0 aliphatic carbocycles. The second-order valence-corrected chi connectivity index (χ2v) is 9.48. The molecule has 0 spiro atoms. The molecule has 26 heavy (non-hydrogen) atoms. The summed E-state index contributed by atoms with van der Waals surface area (Å²) in [7, 11) is -3.10. The van der Waals surface area contributed by atoms with Gasteiger partial charge >= 0.3 is 0 Å². The van der Waals surface area contributed by atoms with Crippen LogP contribution in [0.25, 0.3) is 10.6 Å². The van der Waals surface area contributed by atoms with E-state index in [1.165, 1.54) is 11.3 Å². The maximum atomic E-state index is 12.1. The van der Waals surface area contributed by atoms with Crippen molar-refractivity contribution < 1.29 is 18.3 Å². The predicted octanol–water partition coefficient (Wildman–Crippen LogP) is 2.10. The Hall–Kier alpha value is -2.26. The number of aryl methyl sites for hydroxylation is 1. The van der Waals surface area contributed by atoms with E-state index in [1.54, 1.807) is 31.2 Å². The van der Waals surface area contributed by atoms with Gasteiger partial charge in [-0.3, -0.25) is 4.79 Å². The summed E-state index contributed by atoms with van der Waals surface area (Å²) in [6, 6.07) is 6.77. The predicted molar refractivity (Wildman–Crippen MR) is 101 cm³/mol. The van der Waals surface area contributed by atoms with Gasteiger partial charge in [-0.25, -0.2) is 18.8 Å². The van der Waals surface area contributed by atoms with Crippen molar-refractivity contribution in [1.82, 2.24) is 10.4 Å². The maximum Gasteiger partial charge on any atom is 0.244 e. The minimum atomic E-state index is -3.10. The zero-order chi connectivity index (χ0) is 18.9. The standard InChI is InChI=1S/C17H19N3O4S2/c1-10-15(25-17(18-10)12-3-5-14(21)6-4-12)11(2)19-20-16(22)13-7-8-26(23,24)9-13/h3-6,13,21H,7-9H2,1-2H3,(H,20,22)/b19-11+/t13-/m1/s1. The second-order valence-electron chi connectivity index (χ2n) is 6.25. The number of benzene rings is 1. The van der Waals surface area contributed by atoms with E-state index in [2.05, 4.69) is 15.5 Å². The Morgan fingerprint density at radius 3 is 2.65 bits per heavy atom. The Morgan fingerprint density at radius 1 is 1.35 bits per heavy atom. The number of aromatic nitrogens is 1. The first-order valence-electron chi connectivity index (χ1n) is 8.07. The molecule has 138 valence electrons. The van der Waals surface area contributed by atoms with Crippen molar-refractivity contribution in [2.24, 2.45) is 11.0 Å². The molecule has 2 heterocycles. The summed E-state index contributed by atoms with van der Waals surface area (Å²) in [6.45, 7) is 3.63. The number of nitrogens with zero attached hydrogens (tertiary/aromatic N) is 2. The molecule has 1 atom stereocenters. The van der Waals surface area contributed by atoms with Gasteiger partial charge in [-0.05, 0) is 44.5 Å². The quantitative estimate of drug-likeness (QED) is 0.611. The molecule has 9 heteroatoms. The average Bonchev–Trinajstić information content (AvgIpc) is 3.15. The lowest BCUT2D eigenvalue weighted by Crippen LogP contribution is -2.28. The van der Waals surface area contributed by atoms with Crippen LogP contribution in [0, 0.1) is 12.8 Å². The van der Waals surface area contributed by atoms with Gasteiger partial charge in [0.25, 0.3) is 0 Å². The number of phenolic OH excluding ortho intramolecular Hbond substituents is 1. The number of thiazole rings is 1. The first-order chi connectivity index (χ1) is 12.2. The smallest absolute Gasteiger partial charge is 0.244 e. The lowest BCUT2D eigenvalue weighted by molar-refractivity contribution is -0.124. The number of carbonyl (C=O) groups excluding carboxylic acids is 1. The van der Waals surface area contributed by atoms with Crippen LogP contribution in [-0.4, -0.2) is 41.6 Å². The highest BCUT2D eigenvalue weighted by Gasteiger charge is 2.32. The van der Waals surface area contributed by atoms with E-state index in [0.29, 0.717) is 12.1 Å². The number of carbonyl (C=O) groups is 1. The van der Waals surface area contributed by atoms with E-state index >= 15 is 0 Å². The van der Waals surface area contributed by atoms with Crippen LogP contribution in [0.4, 0.5) is 0 Å². The fraction of sp³-hybridized carbons (Fsp3) is 0.353. The number of aromatic hydroxyl groups is 1. The van der Waals surface area contributed by atoms with Crippen LogP contribution in [0.15, 0.2) is 29.4 Å². The summed E-state index contributed by atoms with van der Waals surface area (Å²) < 4.78 is 22.9. The fourth-order valence-corrected chi connectivity index (χ4v) is 5.50. The van der Waals surface area contributed by atoms with Gasteiger partial charge in [0.15, 0.2) is 9.84 Å². The number of rotatable bonds is 4. The van der Waals surface area contributed by atoms with Crippen LogP contribution in [-0.2, 0) is 14.6 Å². The van der Waals surface area contributed by atoms with Gasteiger partial charge in [-0.1, -0.05) is 0 Å². The SMILES string of the molecule is C/C(=N\NC(=O)[C@@H]1CCS(=O)(=O)C1)c1sc(-c2ccc(O)cc2)nc1C. The summed E-state index contributed by atoms with van der Waals surface area (Å²) >= 11 is 1.44. The Balaban J connectivity index is 1.73. The molecule has 0 bridgehead atoms. The molecule has 1 aromatic heterocycles. The highest BCUT2D eigenvalue weighted by atomic mass is 32.2. The monoisotopic (exact) mass is 393 g/mol. The summed E-state index contributed by atoms with van der Waals surface area (Å²) in [5.41, 5.74) is 4.76. The molecule has 1 saturated heterocycles. The van der Waals surface area contributed by atoms with Crippen molar-refractivity contribution in [2.75, 3.05) is 11.5 Å². The summed E-state index contributed by atoms with van der Waals surface area (Å²) in [6.07, 6.45) is 0.341. The van der Waals surface area contributed by atoms with Crippen molar-refractivity contribution in [3.8, 4) is 16.3 Å². The first kappa shape index (κ1) is 18.5. The number of hydrogen-bond acceptors (Lipinski definition) is 7. The minimum Gasteiger partial charge on any atom is -0.508 e. The van der Waals surface area contributed by atoms with Crippen molar-refractivity contribution in [3.05, 3.63) is 34.8 Å². The molecular formula is C17H19N3O4S2. The first-order valence-corrected chi connectivity index (χ1v) is 10.7. The lowest BCUT2D eigenvalue weighted by atomic mass is 10.1. The summed E-state index contributed by atoms with van der Waals surface area (Å²) in [5.74, 6) is -0.773. The molecule has 2 aromatic rings. The van der Waals surface area contributed by atoms with Crippen molar-refractivity contribution in [3.63, 3.8) is 0 Å². The summed E-state index contributed by atoms with van der Waals surface area (Å²) in [5, 5.41) is 14.3. The Kier molecular flexibility index (Phi) is 5.10. The molecule has 1 fully saturated rings. The van der Waals surface area contributed by atoms with Gasteiger partial charge in [0.05, 0.1) is 33.7 Å². The Bertz CT molecular complexity index is 962. The molecular weight excluding hydrogens is 374 g/mol. The van der Waals surface area contributed by atoms with Crippen LogP contribution in [0.5, 0.6) is 5.75 Å². The molecule has 1 amide bonds. The fourth-order valence-electron chi connectivity index (χ4n) is 2.74. The van der Waals surface area contributed by atoms with Crippen LogP contribution >= 0.6 is 11.3 Å². The highest BCUT2D eigenvalue weighted by molar-refractivity contribution is 7.91. The largest absolute Gasteiger partial charge is 0.508 e. The van der Waals surface area contributed by atoms with E-state index in [9.17, 15) is 18.3 Å². The number of phenols is 1. The third-order valence-corrected chi connectivity index (χ3v) is 7.26. The highest BCUT2D eigenvalue weighted by Crippen LogP contribution is 2.29. The van der Waals surface area contributed by atoms with Gasteiger partial charge in [0.2, 0.25) is 5.91 Å². The third kappa shape index (κ3) is 4.10. The van der Waals surface area contributed by atoms with Gasteiger partial charge < -0.3 is 5.11 Å². The van der Waals surface area contributed by atoms with Crippen LogP contribution in [0.2, 0.25) is 0 Å². The van der Waals surface area contributed by atoms with Crippen molar-refractivity contribution >= 4 is 32.8 Å². The van der Waals surface area contributed by atoms with Crippen LogP contribution in [0.3, 0.4) is 0 Å². The van der Waals surface area contributed by atoms with E-state index in [4.69, 9.17) is 0 Å². The van der Waals surface area contributed by atoms with Gasteiger partial charge in [-0.2, -0.15) is 5.10 Å². The third-order valence-electron chi connectivity index (χ3n) is 4.18. The number of hydrogen-bond donors (Lipinski definition) is 2. The molecule has 7 nitrogen and oxygen atoms in total. The molecule has 0 unspecified atom stereocenters. The van der Waals surface area contributed by atoms with E-state index in [1.807, 2.05) is 6.92 Å². The topological polar surface area (TPSA) is 109 Å². The number of hydrazone groups is 1. The minimum absolute atomic E-state index is 0.0533. The van der Waals surface area contributed by atoms with Crippen LogP contribution < -0.4 is 5.43 Å². The van der Waals surface area contributed by atoms with Crippen LogP contribution in [0.1, 0.15) is 23.9 Å².